The fourth-order valence-electron chi connectivity index (χ4n) is 4.07. The fourth-order valence-corrected chi connectivity index (χ4v) is 4.84. The SMILES string of the molecule is CN(C)c1nc(NC2CCC(NC(=O)CSc3ncccc3[N+](=O)[O-])CC2)nc2ccccc12. The number of hydrogen-bond acceptors (Lipinski definition) is 9. The van der Waals surface area contributed by atoms with Crippen LogP contribution in [0, 0.1) is 10.1 Å². The summed E-state index contributed by atoms with van der Waals surface area (Å²) < 4.78 is 0. The predicted octanol–water partition coefficient (Wildman–Crippen LogP) is 3.63. The number of rotatable bonds is 8. The van der Waals surface area contributed by atoms with Gasteiger partial charge in [-0.05, 0) is 43.9 Å². The van der Waals surface area contributed by atoms with Crippen LogP contribution in [0.4, 0.5) is 17.5 Å². The van der Waals surface area contributed by atoms with Crippen molar-refractivity contribution in [2.24, 2.45) is 0 Å². The van der Waals surface area contributed by atoms with Crippen molar-refractivity contribution in [3.63, 3.8) is 0 Å². The number of carbonyl (C=O) groups is 1. The zero-order valence-corrected chi connectivity index (χ0v) is 19.9. The van der Waals surface area contributed by atoms with Crippen LogP contribution in [0.5, 0.6) is 0 Å². The molecule has 178 valence electrons. The van der Waals surface area contributed by atoms with Gasteiger partial charge in [0.2, 0.25) is 11.9 Å². The summed E-state index contributed by atoms with van der Waals surface area (Å²) in [6, 6.07) is 11.2. The van der Waals surface area contributed by atoms with E-state index in [1.54, 1.807) is 0 Å². The number of carbonyl (C=O) groups excluding carboxylic acids is 1. The van der Waals surface area contributed by atoms with Crippen LogP contribution in [0.25, 0.3) is 10.9 Å². The molecule has 34 heavy (non-hydrogen) atoms. The van der Waals surface area contributed by atoms with Crippen LogP contribution in [-0.4, -0.2) is 57.7 Å². The van der Waals surface area contributed by atoms with E-state index in [0.717, 1.165) is 54.2 Å². The topological polar surface area (TPSA) is 126 Å². The Morgan fingerprint density at radius 2 is 1.85 bits per heavy atom. The van der Waals surface area contributed by atoms with Gasteiger partial charge >= 0.3 is 5.69 Å². The molecule has 4 rings (SSSR count). The molecule has 0 spiro atoms. The second kappa shape index (κ2) is 10.6. The van der Waals surface area contributed by atoms with Gasteiger partial charge in [0.15, 0.2) is 5.03 Å². The van der Waals surface area contributed by atoms with Crippen molar-refractivity contribution < 1.29 is 9.72 Å². The molecule has 0 radical (unpaired) electrons. The summed E-state index contributed by atoms with van der Waals surface area (Å²) in [6.45, 7) is 0. The van der Waals surface area contributed by atoms with Gasteiger partial charge in [-0.1, -0.05) is 23.9 Å². The Balaban J connectivity index is 1.28. The van der Waals surface area contributed by atoms with E-state index < -0.39 is 4.92 Å². The molecule has 10 nitrogen and oxygen atoms in total. The summed E-state index contributed by atoms with van der Waals surface area (Å²) >= 11 is 1.08. The maximum atomic E-state index is 12.4. The van der Waals surface area contributed by atoms with E-state index in [9.17, 15) is 14.9 Å². The monoisotopic (exact) mass is 481 g/mol. The number of amides is 1. The van der Waals surface area contributed by atoms with Crippen molar-refractivity contribution in [1.82, 2.24) is 20.3 Å². The van der Waals surface area contributed by atoms with Gasteiger partial charge in [0.25, 0.3) is 0 Å². The number of nitrogens with zero attached hydrogens (tertiary/aromatic N) is 5. The van der Waals surface area contributed by atoms with Gasteiger partial charge in [0.05, 0.1) is 16.2 Å². The van der Waals surface area contributed by atoms with Gasteiger partial charge in [-0.3, -0.25) is 14.9 Å². The minimum absolute atomic E-state index is 0.0831. The Hall–Kier alpha value is -3.47. The summed E-state index contributed by atoms with van der Waals surface area (Å²) in [5, 5.41) is 18.9. The maximum absolute atomic E-state index is 12.4. The summed E-state index contributed by atoms with van der Waals surface area (Å²) in [4.78, 5) is 38.4. The number of fused-ring (bicyclic) bond motifs is 1. The third-order valence-corrected chi connectivity index (χ3v) is 6.71. The largest absolute Gasteiger partial charge is 0.362 e. The van der Waals surface area contributed by atoms with Crippen LogP contribution in [0.15, 0.2) is 47.6 Å². The molecule has 2 heterocycles. The first kappa shape index (κ1) is 23.7. The van der Waals surface area contributed by atoms with Crippen LogP contribution in [-0.2, 0) is 4.79 Å². The minimum Gasteiger partial charge on any atom is -0.362 e. The lowest BCUT2D eigenvalue weighted by Gasteiger charge is -2.30. The lowest BCUT2D eigenvalue weighted by Crippen LogP contribution is -2.41. The van der Waals surface area contributed by atoms with Gasteiger partial charge in [0.1, 0.15) is 5.82 Å². The summed E-state index contributed by atoms with van der Waals surface area (Å²) in [7, 11) is 3.94. The molecular weight excluding hydrogens is 454 g/mol. The molecule has 11 heteroatoms. The fraction of sp³-hybridized carbons (Fsp3) is 0.391. The van der Waals surface area contributed by atoms with E-state index in [4.69, 9.17) is 4.98 Å². The lowest BCUT2D eigenvalue weighted by atomic mass is 9.91. The van der Waals surface area contributed by atoms with Crippen LogP contribution >= 0.6 is 11.8 Å². The third kappa shape index (κ3) is 5.71. The Kier molecular flexibility index (Phi) is 7.41. The number of hydrogen-bond donors (Lipinski definition) is 2. The molecular formula is C23H27N7O3S. The van der Waals surface area contributed by atoms with Gasteiger partial charge in [-0.15, -0.1) is 0 Å². The number of para-hydroxylation sites is 1. The van der Waals surface area contributed by atoms with Gasteiger partial charge in [0, 0.05) is 43.8 Å². The first-order chi connectivity index (χ1) is 16.4. The van der Waals surface area contributed by atoms with Crippen molar-refractivity contribution in [2.45, 2.75) is 42.8 Å². The Morgan fingerprint density at radius 3 is 2.59 bits per heavy atom. The molecule has 0 saturated heterocycles. The quantitative estimate of drug-likeness (QED) is 0.282. The first-order valence-corrected chi connectivity index (χ1v) is 12.1. The predicted molar refractivity (Wildman–Crippen MR) is 133 cm³/mol. The summed E-state index contributed by atoms with van der Waals surface area (Å²) in [5.41, 5.74) is 0.815. The van der Waals surface area contributed by atoms with Gasteiger partial charge in [-0.25, -0.2) is 9.97 Å². The molecule has 3 aromatic rings. The van der Waals surface area contributed by atoms with Gasteiger partial charge < -0.3 is 15.5 Å². The van der Waals surface area contributed by atoms with E-state index in [0.29, 0.717) is 5.95 Å². The number of benzene rings is 1. The Labute approximate surface area is 201 Å². The van der Waals surface area contributed by atoms with Gasteiger partial charge in [-0.2, -0.15) is 4.98 Å². The molecule has 1 saturated carbocycles. The van der Waals surface area contributed by atoms with Crippen LogP contribution < -0.4 is 15.5 Å². The highest BCUT2D eigenvalue weighted by Gasteiger charge is 2.24. The van der Waals surface area contributed by atoms with Crippen LogP contribution in [0.2, 0.25) is 0 Å². The molecule has 2 N–H and O–H groups in total. The number of anilines is 2. The number of pyridine rings is 1. The highest BCUT2D eigenvalue weighted by molar-refractivity contribution is 8.00. The van der Waals surface area contributed by atoms with Crippen LogP contribution in [0.1, 0.15) is 25.7 Å². The first-order valence-electron chi connectivity index (χ1n) is 11.1. The molecule has 0 atom stereocenters. The molecule has 0 unspecified atom stereocenters. The molecule has 0 bridgehead atoms. The normalized spacial score (nSPS) is 17.8. The average molecular weight is 482 g/mol. The number of aromatic nitrogens is 3. The lowest BCUT2D eigenvalue weighted by molar-refractivity contribution is -0.388. The number of nitro groups is 1. The molecule has 0 aliphatic heterocycles. The number of nitrogens with one attached hydrogen (secondary N) is 2. The van der Waals surface area contributed by atoms with Crippen molar-refractivity contribution >= 4 is 46.0 Å². The highest BCUT2D eigenvalue weighted by Crippen LogP contribution is 2.28. The smallest absolute Gasteiger partial charge is 0.301 e. The van der Waals surface area contributed by atoms with E-state index >= 15 is 0 Å². The molecule has 1 aliphatic rings. The second-order valence-electron chi connectivity index (χ2n) is 8.42. The average Bonchev–Trinajstić information content (AvgIpc) is 2.83. The minimum atomic E-state index is -0.484. The van der Waals surface area contributed by atoms with E-state index in [-0.39, 0.29) is 34.5 Å². The summed E-state index contributed by atoms with van der Waals surface area (Å²) in [5.74, 6) is 1.44. The Bertz CT molecular complexity index is 1180. The molecule has 2 aromatic heterocycles. The van der Waals surface area contributed by atoms with Crippen molar-refractivity contribution in [3.8, 4) is 0 Å². The van der Waals surface area contributed by atoms with Crippen molar-refractivity contribution in [3.05, 3.63) is 52.7 Å². The standard InChI is InChI=1S/C23H27N7O3S/c1-29(2)21-17-6-3-4-7-18(17)27-23(28-21)26-16-11-9-15(10-12-16)25-20(31)14-34-22-19(30(32)33)8-5-13-24-22/h3-8,13,15-16H,9-12,14H2,1-2H3,(H,25,31)(H,26,27,28). The molecule has 1 fully saturated rings. The number of thioether (sulfide) groups is 1. The van der Waals surface area contributed by atoms with Crippen LogP contribution in [0.3, 0.4) is 0 Å². The van der Waals surface area contributed by atoms with E-state index in [1.807, 2.05) is 43.3 Å². The van der Waals surface area contributed by atoms with Crippen molar-refractivity contribution in [1.29, 1.82) is 0 Å². The third-order valence-electron chi connectivity index (χ3n) is 5.72. The highest BCUT2D eigenvalue weighted by atomic mass is 32.2. The summed E-state index contributed by atoms with van der Waals surface area (Å²) in [6.07, 6.45) is 4.94. The molecule has 1 amide bonds. The van der Waals surface area contributed by atoms with E-state index in [1.165, 1.54) is 18.3 Å². The Morgan fingerprint density at radius 1 is 1.12 bits per heavy atom. The van der Waals surface area contributed by atoms with Crippen molar-refractivity contribution in [2.75, 3.05) is 30.1 Å². The molecule has 1 aromatic carbocycles. The molecule has 1 aliphatic carbocycles. The second-order valence-corrected chi connectivity index (χ2v) is 9.38. The maximum Gasteiger partial charge on any atom is 0.301 e. The van der Waals surface area contributed by atoms with E-state index in [2.05, 4.69) is 20.6 Å². The zero-order chi connectivity index (χ0) is 24.1. The zero-order valence-electron chi connectivity index (χ0n) is 19.1.